The van der Waals surface area contributed by atoms with Gasteiger partial charge in [-0.1, -0.05) is 60.7 Å². The molecule has 220 valence electrons. The lowest BCUT2D eigenvalue weighted by Gasteiger charge is -2.27. The van der Waals surface area contributed by atoms with Gasteiger partial charge >= 0.3 is 0 Å². The van der Waals surface area contributed by atoms with Crippen molar-refractivity contribution in [2.24, 2.45) is 0 Å². The summed E-state index contributed by atoms with van der Waals surface area (Å²) in [5.41, 5.74) is 9.57. The van der Waals surface area contributed by atoms with E-state index in [1.54, 1.807) is 48.5 Å². The molecule has 5 aromatic carbocycles. The molecule has 0 saturated carbocycles. The van der Waals surface area contributed by atoms with Gasteiger partial charge in [0.2, 0.25) is 0 Å². The van der Waals surface area contributed by atoms with Crippen molar-refractivity contribution in [3.05, 3.63) is 155 Å². The maximum absolute atomic E-state index is 10.7. The molecule has 0 N–H and O–H groups in total. The first-order chi connectivity index (χ1) is 23.0. The smallest absolute Gasteiger partial charge is 0.102 e. The average molecular weight is 603 g/mol. The van der Waals surface area contributed by atoms with E-state index in [-0.39, 0.29) is 11.1 Å². The highest BCUT2D eigenvalue weighted by Crippen LogP contribution is 2.44. The normalized spacial score (nSPS) is 10.3. The van der Waals surface area contributed by atoms with Crippen molar-refractivity contribution in [1.29, 1.82) is 21.0 Å². The van der Waals surface area contributed by atoms with E-state index in [1.807, 2.05) is 50.2 Å². The molecule has 0 bridgehead atoms. The molecule has 0 unspecified atom stereocenters. The van der Waals surface area contributed by atoms with E-state index in [1.165, 1.54) is 0 Å². The molecule has 0 aliphatic carbocycles. The molecule has 1 aromatic heterocycles. The van der Waals surface area contributed by atoms with Gasteiger partial charge in [-0.15, -0.1) is 0 Å². The summed E-state index contributed by atoms with van der Waals surface area (Å²) in [4.78, 5) is 7.10. The van der Waals surface area contributed by atoms with Crippen LogP contribution in [-0.2, 0) is 0 Å². The van der Waals surface area contributed by atoms with E-state index in [0.717, 1.165) is 33.8 Å². The zero-order valence-corrected chi connectivity index (χ0v) is 25.7. The van der Waals surface area contributed by atoms with Crippen LogP contribution in [0, 0.1) is 59.2 Å². The standard InChI is InChI=1S/C41H26N6/c1-27-21-35(47(33-9-5-3-6-10-33)34-11-7-4-8-12-34)22-28(2)38(27)39-36(25-44)40(31-17-13-29(23-42)14-18-31)46-41(37(39)26-45)32-19-15-30(24-43)16-20-32/h3-22H,1-2H3. The molecule has 47 heavy (non-hydrogen) atoms. The van der Waals surface area contributed by atoms with Crippen LogP contribution in [0.2, 0.25) is 0 Å². The van der Waals surface area contributed by atoms with Crippen molar-refractivity contribution in [1.82, 2.24) is 4.98 Å². The Bertz CT molecular complexity index is 2120. The summed E-state index contributed by atoms with van der Waals surface area (Å²) in [6, 6.07) is 47.2. The fourth-order valence-corrected chi connectivity index (χ4v) is 5.94. The lowest BCUT2D eigenvalue weighted by molar-refractivity contribution is 1.24. The second kappa shape index (κ2) is 12.9. The van der Waals surface area contributed by atoms with Gasteiger partial charge in [0.15, 0.2) is 0 Å². The van der Waals surface area contributed by atoms with E-state index in [4.69, 9.17) is 4.98 Å². The van der Waals surface area contributed by atoms with Crippen LogP contribution in [0.25, 0.3) is 33.6 Å². The van der Waals surface area contributed by atoms with Crippen LogP contribution in [-0.4, -0.2) is 4.98 Å². The van der Waals surface area contributed by atoms with Gasteiger partial charge in [0.1, 0.15) is 12.1 Å². The van der Waals surface area contributed by atoms with Crippen molar-refractivity contribution in [3.8, 4) is 57.9 Å². The van der Waals surface area contributed by atoms with Crippen LogP contribution in [0.5, 0.6) is 0 Å². The number of benzene rings is 5. The number of aromatic nitrogens is 1. The molecule has 0 fully saturated rings. The third kappa shape index (κ3) is 5.68. The van der Waals surface area contributed by atoms with Gasteiger partial charge in [-0.25, -0.2) is 4.98 Å². The number of para-hydroxylation sites is 2. The number of pyridine rings is 1. The average Bonchev–Trinajstić information content (AvgIpc) is 3.12. The van der Waals surface area contributed by atoms with Crippen molar-refractivity contribution in [2.45, 2.75) is 13.8 Å². The minimum absolute atomic E-state index is 0.269. The highest BCUT2D eigenvalue weighted by atomic mass is 15.1. The fraction of sp³-hybridized carbons (Fsp3) is 0.0488. The van der Waals surface area contributed by atoms with Crippen LogP contribution in [0.3, 0.4) is 0 Å². The SMILES string of the molecule is Cc1cc(N(c2ccccc2)c2ccccc2)cc(C)c1-c1c(C#N)c(-c2ccc(C#N)cc2)nc(-c2ccc(C#N)cc2)c1C#N. The fourth-order valence-electron chi connectivity index (χ4n) is 5.94. The molecule has 0 aliphatic rings. The van der Waals surface area contributed by atoms with Gasteiger partial charge < -0.3 is 4.90 Å². The molecule has 0 spiro atoms. The minimum atomic E-state index is 0.269. The molecule has 0 radical (unpaired) electrons. The highest BCUT2D eigenvalue weighted by Gasteiger charge is 2.26. The van der Waals surface area contributed by atoms with Gasteiger partial charge in [0.25, 0.3) is 0 Å². The van der Waals surface area contributed by atoms with Gasteiger partial charge in [-0.3, -0.25) is 0 Å². The Morgan fingerprint density at radius 1 is 0.468 bits per heavy atom. The zero-order valence-electron chi connectivity index (χ0n) is 25.7. The predicted octanol–water partition coefficient (Wildman–Crippen LogP) is 9.66. The molecule has 6 rings (SSSR count). The third-order valence-corrected chi connectivity index (χ3v) is 8.05. The van der Waals surface area contributed by atoms with E-state index in [9.17, 15) is 21.0 Å². The molecule has 0 atom stereocenters. The van der Waals surface area contributed by atoms with E-state index >= 15 is 0 Å². The minimum Gasteiger partial charge on any atom is -0.310 e. The summed E-state index contributed by atoms with van der Waals surface area (Å²) in [5, 5.41) is 40.2. The molecule has 6 aromatic rings. The maximum atomic E-state index is 10.7. The topological polar surface area (TPSA) is 111 Å². The molecule has 0 aliphatic heterocycles. The van der Waals surface area contributed by atoms with Crippen LogP contribution in [0.1, 0.15) is 33.4 Å². The number of hydrogen-bond acceptors (Lipinski definition) is 6. The highest BCUT2D eigenvalue weighted by molar-refractivity contribution is 5.92. The van der Waals surface area contributed by atoms with Gasteiger partial charge in [-0.05, 0) is 91.2 Å². The Labute approximate surface area is 273 Å². The summed E-state index contributed by atoms with van der Waals surface area (Å²) in [7, 11) is 0. The van der Waals surface area contributed by atoms with Crippen LogP contribution in [0.15, 0.2) is 121 Å². The quantitative estimate of drug-likeness (QED) is 0.188. The monoisotopic (exact) mass is 602 g/mol. The largest absolute Gasteiger partial charge is 0.310 e. The molecule has 6 heteroatoms. The molecular formula is C41H26N6. The predicted molar refractivity (Wildman–Crippen MR) is 184 cm³/mol. The lowest BCUT2D eigenvalue weighted by atomic mass is 9.85. The Morgan fingerprint density at radius 3 is 1.23 bits per heavy atom. The lowest BCUT2D eigenvalue weighted by Crippen LogP contribution is -2.11. The Balaban J connectivity index is 1.64. The summed E-state index contributed by atoms with van der Waals surface area (Å²) < 4.78 is 0. The first-order valence-corrected chi connectivity index (χ1v) is 14.9. The van der Waals surface area contributed by atoms with Crippen molar-refractivity contribution >= 4 is 17.1 Å². The molecule has 1 heterocycles. The van der Waals surface area contributed by atoms with Crippen LogP contribution >= 0.6 is 0 Å². The maximum Gasteiger partial charge on any atom is 0.102 e. The Morgan fingerprint density at radius 2 is 0.872 bits per heavy atom. The number of nitrogens with zero attached hydrogens (tertiary/aromatic N) is 6. The second-order valence-electron chi connectivity index (χ2n) is 11.0. The first kappa shape index (κ1) is 30.1. The zero-order chi connectivity index (χ0) is 32.9. The number of hydrogen-bond donors (Lipinski definition) is 0. The Kier molecular flexibility index (Phi) is 8.27. The number of aryl methyl sites for hydroxylation is 2. The van der Waals surface area contributed by atoms with Crippen LogP contribution in [0.4, 0.5) is 17.1 Å². The van der Waals surface area contributed by atoms with E-state index in [0.29, 0.717) is 39.2 Å². The van der Waals surface area contributed by atoms with Gasteiger partial charge in [0.05, 0.1) is 45.8 Å². The number of anilines is 3. The van der Waals surface area contributed by atoms with Gasteiger partial charge in [0, 0.05) is 33.8 Å². The summed E-state index contributed by atoms with van der Waals surface area (Å²) in [6.07, 6.45) is 0. The van der Waals surface area contributed by atoms with Crippen LogP contribution < -0.4 is 4.90 Å². The second-order valence-corrected chi connectivity index (χ2v) is 11.0. The third-order valence-electron chi connectivity index (χ3n) is 8.05. The summed E-state index contributed by atoms with van der Waals surface area (Å²) >= 11 is 0. The molecule has 0 saturated heterocycles. The first-order valence-electron chi connectivity index (χ1n) is 14.9. The molecular weight excluding hydrogens is 576 g/mol. The van der Waals surface area contributed by atoms with Crippen molar-refractivity contribution in [3.63, 3.8) is 0 Å². The summed E-state index contributed by atoms with van der Waals surface area (Å²) in [5.74, 6) is 0. The Hall–Kier alpha value is -6.99. The number of rotatable bonds is 6. The molecule has 6 nitrogen and oxygen atoms in total. The van der Waals surface area contributed by atoms with E-state index < -0.39 is 0 Å². The van der Waals surface area contributed by atoms with Gasteiger partial charge in [-0.2, -0.15) is 21.0 Å². The summed E-state index contributed by atoms with van der Waals surface area (Å²) in [6.45, 7) is 3.98. The molecule has 0 amide bonds. The number of nitriles is 4. The van der Waals surface area contributed by atoms with E-state index in [2.05, 4.69) is 65.6 Å². The van der Waals surface area contributed by atoms with Crippen molar-refractivity contribution < 1.29 is 0 Å². The van der Waals surface area contributed by atoms with Crippen molar-refractivity contribution in [2.75, 3.05) is 4.90 Å².